The van der Waals surface area contributed by atoms with Gasteiger partial charge in [0.25, 0.3) is 0 Å². The van der Waals surface area contributed by atoms with Crippen molar-refractivity contribution in [3.63, 3.8) is 0 Å². The minimum atomic E-state index is -0.302. The molecule has 62 heavy (non-hydrogen) atoms. The fraction of sp³-hybridized carbons (Fsp3) is 0.400. The number of rotatable bonds is 17. The zero-order chi connectivity index (χ0) is 43.0. The van der Waals surface area contributed by atoms with Crippen LogP contribution in [0.4, 0.5) is 16.4 Å². The van der Waals surface area contributed by atoms with Crippen molar-refractivity contribution in [2.75, 3.05) is 56.0 Å². The van der Waals surface area contributed by atoms with E-state index in [4.69, 9.17) is 33.0 Å². The van der Waals surface area contributed by atoms with E-state index in [1.54, 1.807) is 18.3 Å². The largest absolute Gasteiger partial charge is 0.494 e. The highest BCUT2D eigenvalue weighted by Gasteiger charge is 2.39. The lowest BCUT2D eigenvalue weighted by Crippen LogP contribution is -2.59. The van der Waals surface area contributed by atoms with Crippen molar-refractivity contribution in [3.05, 3.63) is 125 Å². The lowest BCUT2D eigenvalue weighted by atomic mass is 10.0. The molecule has 0 amide bonds. The smallest absolute Gasteiger partial charge is 0.317 e. The molecule has 4 aromatic carbocycles. The lowest BCUT2D eigenvalue weighted by molar-refractivity contribution is 0.178. The summed E-state index contributed by atoms with van der Waals surface area (Å²) in [7, 11) is 0. The van der Waals surface area contributed by atoms with Gasteiger partial charge in [-0.15, -0.1) is 0 Å². The van der Waals surface area contributed by atoms with Crippen molar-refractivity contribution >= 4 is 12.0 Å². The fourth-order valence-electron chi connectivity index (χ4n) is 8.71. The third kappa shape index (κ3) is 9.92. The van der Waals surface area contributed by atoms with E-state index in [1.165, 1.54) is 23.3 Å². The predicted octanol–water partition coefficient (Wildman–Crippen LogP) is 10.5. The van der Waals surface area contributed by atoms with Gasteiger partial charge in [0.2, 0.25) is 0 Å². The molecule has 8 rings (SSSR count). The molecule has 0 unspecified atom stereocenters. The molecule has 6 aromatic rings. The Morgan fingerprint density at radius 1 is 0.597 bits per heavy atom. The summed E-state index contributed by atoms with van der Waals surface area (Å²) in [6.07, 6.45) is 6.96. The van der Waals surface area contributed by atoms with Crippen LogP contribution in [0.5, 0.6) is 17.2 Å². The average Bonchev–Trinajstić information content (AvgIpc) is 3.99. The quantitative estimate of drug-likeness (QED) is 0.0822. The number of hydrogen-bond acceptors (Lipinski definition) is 11. The second kappa shape index (κ2) is 19.9. The molecule has 2 aliphatic rings. The first-order chi connectivity index (χ1) is 30.3. The van der Waals surface area contributed by atoms with E-state index in [-0.39, 0.29) is 17.9 Å². The van der Waals surface area contributed by atoms with Crippen LogP contribution in [-0.2, 0) is 13.1 Å². The van der Waals surface area contributed by atoms with Gasteiger partial charge in [-0.1, -0.05) is 42.5 Å². The van der Waals surface area contributed by atoms with E-state index >= 15 is 0 Å². The van der Waals surface area contributed by atoms with E-state index < -0.39 is 0 Å². The monoisotopic (exact) mass is 842 g/mol. The topological polar surface area (TPSA) is 92.7 Å². The Morgan fingerprint density at radius 3 is 1.58 bits per heavy atom. The predicted molar refractivity (Wildman–Crippen MR) is 241 cm³/mol. The van der Waals surface area contributed by atoms with Crippen LogP contribution in [0.1, 0.15) is 68.7 Å². The molecular formula is C50H59FN6O5. The number of ether oxygens (including phenoxy) is 3. The first-order valence-corrected chi connectivity index (χ1v) is 22.2. The molecule has 2 saturated heterocycles. The zero-order valence-electron chi connectivity index (χ0n) is 36.7. The van der Waals surface area contributed by atoms with E-state index in [0.29, 0.717) is 43.4 Å². The maximum absolute atomic E-state index is 14.0. The van der Waals surface area contributed by atoms with Crippen LogP contribution in [0.25, 0.3) is 22.6 Å². The maximum atomic E-state index is 14.0. The standard InChI is InChI=1S/C50H59FN6O5/c1-6-58-44-28-37(15-14-35(44)4)33-54-24-20-42(21-25-54)57(50-53-32-48(62-50)40-16-18-41(51)19-17-40)56(49-52-31-47(61-49)39-12-10-9-11-13-39)43-22-26-55(27-23-43)34-38-29-45(59-7-2)36(5)46(30-38)60-8-3/h9-19,28-32,42-43H,6-8,20-27,33-34H2,1-5H3. The Morgan fingerprint density at radius 2 is 1.06 bits per heavy atom. The van der Waals surface area contributed by atoms with Crippen molar-refractivity contribution in [3.8, 4) is 39.9 Å². The molecule has 11 nitrogen and oxygen atoms in total. The molecule has 0 atom stereocenters. The van der Waals surface area contributed by atoms with Crippen LogP contribution in [0.15, 0.2) is 106 Å². The molecule has 0 spiro atoms. The number of hydrogen-bond donors (Lipinski definition) is 0. The highest BCUT2D eigenvalue weighted by Crippen LogP contribution is 2.37. The van der Waals surface area contributed by atoms with Gasteiger partial charge in [-0.2, -0.15) is 9.97 Å². The number of piperidine rings is 2. The minimum absolute atomic E-state index is 0.0215. The van der Waals surface area contributed by atoms with Crippen molar-refractivity contribution in [1.29, 1.82) is 0 Å². The first kappa shape index (κ1) is 42.8. The molecule has 0 aliphatic carbocycles. The Hall–Kier alpha value is -5.85. The van der Waals surface area contributed by atoms with Gasteiger partial charge in [0.1, 0.15) is 23.1 Å². The van der Waals surface area contributed by atoms with E-state index in [1.807, 2.05) is 57.3 Å². The SMILES string of the molecule is CCOc1cc(CN2CCC(N(c3ncc(-c4ccc(F)cc4)o3)N(c3ncc(-c4ccccc4)o3)C3CCN(Cc4cc(OCC)c(C)c(OCC)c4)CC3)CC2)ccc1C. The summed E-state index contributed by atoms with van der Waals surface area (Å²) in [5.41, 5.74) is 6.28. The van der Waals surface area contributed by atoms with Crippen molar-refractivity contribution in [2.45, 2.75) is 85.5 Å². The van der Waals surface area contributed by atoms with Crippen molar-refractivity contribution < 1.29 is 27.4 Å². The molecule has 0 saturated carbocycles. The Labute approximate surface area is 365 Å². The Bertz CT molecular complexity index is 2320. The number of hydrazine groups is 1. The summed E-state index contributed by atoms with van der Waals surface area (Å²) in [6.45, 7) is 17.1. The molecule has 326 valence electrons. The summed E-state index contributed by atoms with van der Waals surface area (Å²) in [5.74, 6) is 3.64. The molecule has 2 fully saturated rings. The van der Waals surface area contributed by atoms with Crippen LogP contribution in [0.2, 0.25) is 0 Å². The number of aromatic nitrogens is 2. The van der Waals surface area contributed by atoms with Crippen LogP contribution in [-0.4, -0.2) is 77.9 Å². The van der Waals surface area contributed by atoms with E-state index in [0.717, 1.165) is 104 Å². The number of likely N-dealkylation sites (tertiary alicyclic amines) is 2. The van der Waals surface area contributed by atoms with Crippen molar-refractivity contribution in [1.82, 2.24) is 19.8 Å². The fourth-order valence-corrected chi connectivity index (χ4v) is 8.71. The Kier molecular flexibility index (Phi) is 13.7. The van der Waals surface area contributed by atoms with Gasteiger partial charge in [0, 0.05) is 56.0 Å². The lowest BCUT2D eigenvalue weighted by Gasteiger charge is -2.47. The highest BCUT2D eigenvalue weighted by atomic mass is 19.1. The van der Waals surface area contributed by atoms with Crippen LogP contribution in [0, 0.1) is 19.7 Å². The average molecular weight is 843 g/mol. The van der Waals surface area contributed by atoms with Gasteiger partial charge in [0.05, 0.1) is 44.3 Å². The summed E-state index contributed by atoms with van der Waals surface area (Å²) >= 11 is 0. The number of anilines is 2. The van der Waals surface area contributed by atoms with Gasteiger partial charge in [-0.25, -0.2) is 14.4 Å². The van der Waals surface area contributed by atoms with Gasteiger partial charge >= 0.3 is 12.0 Å². The van der Waals surface area contributed by atoms with Gasteiger partial charge < -0.3 is 23.0 Å². The van der Waals surface area contributed by atoms with Gasteiger partial charge in [-0.3, -0.25) is 9.80 Å². The number of nitrogens with zero attached hydrogens (tertiary/aromatic N) is 6. The van der Waals surface area contributed by atoms with E-state index in [9.17, 15) is 4.39 Å². The molecule has 0 bridgehead atoms. The molecular weight excluding hydrogens is 784 g/mol. The normalized spacial score (nSPS) is 15.5. The van der Waals surface area contributed by atoms with E-state index in [2.05, 4.69) is 64.0 Å². The molecule has 12 heteroatoms. The summed E-state index contributed by atoms with van der Waals surface area (Å²) < 4.78 is 45.4. The van der Waals surface area contributed by atoms with Crippen LogP contribution >= 0.6 is 0 Å². The van der Waals surface area contributed by atoms with Crippen molar-refractivity contribution in [2.24, 2.45) is 0 Å². The minimum Gasteiger partial charge on any atom is -0.494 e. The maximum Gasteiger partial charge on any atom is 0.317 e. The summed E-state index contributed by atoms with van der Waals surface area (Å²) in [5, 5.41) is 4.44. The van der Waals surface area contributed by atoms with Crippen LogP contribution < -0.4 is 24.2 Å². The van der Waals surface area contributed by atoms with Gasteiger partial charge in [0.15, 0.2) is 11.5 Å². The number of oxazole rings is 2. The third-order valence-electron chi connectivity index (χ3n) is 11.9. The molecule has 0 radical (unpaired) electrons. The number of aryl methyl sites for hydroxylation is 1. The van der Waals surface area contributed by atoms with Gasteiger partial charge in [-0.05, 0) is 119 Å². The highest BCUT2D eigenvalue weighted by molar-refractivity contribution is 5.60. The first-order valence-electron chi connectivity index (χ1n) is 22.2. The molecule has 0 N–H and O–H groups in total. The summed E-state index contributed by atoms with van der Waals surface area (Å²) in [4.78, 5) is 14.9. The Balaban J connectivity index is 1.10. The number of halogens is 1. The second-order valence-corrected chi connectivity index (χ2v) is 16.2. The molecule has 4 heterocycles. The number of benzene rings is 4. The molecule has 2 aromatic heterocycles. The molecule has 2 aliphatic heterocycles. The second-order valence-electron chi connectivity index (χ2n) is 16.2. The van der Waals surface area contributed by atoms with Crippen LogP contribution in [0.3, 0.4) is 0 Å². The zero-order valence-corrected chi connectivity index (χ0v) is 36.7. The third-order valence-corrected chi connectivity index (χ3v) is 11.9. The summed E-state index contributed by atoms with van der Waals surface area (Å²) in [6, 6.07) is 28.3.